The van der Waals surface area contributed by atoms with Crippen molar-refractivity contribution in [1.82, 2.24) is 9.62 Å². The molecule has 0 bridgehead atoms. The van der Waals surface area contributed by atoms with E-state index in [2.05, 4.69) is 20.7 Å². The van der Waals surface area contributed by atoms with Crippen LogP contribution in [0.1, 0.15) is 19.8 Å². The van der Waals surface area contributed by atoms with Crippen molar-refractivity contribution in [3.63, 3.8) is 0 Å². The lowest BCUT2D eigenvalue weighted by atomic mass is 10.1. The van der Waals surface area contributed by atoms with Gasteiger partial charge in [0.1, 0.15) is 0 Å². The molecule has 0 atom stereocenters. The first kappa shape index (κ1) is 13.9. The molecule has 1 saturated heterocycles. The molecule has 1 N–H and O–H groups in total. The number of sulfonamides is 1. The van der Waals surface area contributed by atoms with Gasteiger partial charge in [-0.2, -0.15) is 0 Å². The summed E-state index contributed by atoms with van der Waals surface area (Å²) in [6.45, 7) is 2.87. The third-order valence-electron chi connectivity index (χ3n) is 2.69. The summed E-state index contributed by atoms with van der Waals surface area (Å²) in [6, 6.07) is -0.0238. The number of rotatable bonds is 4. The number of amides is 1. The van der Waals surface area contributed by atoms with Crippen LogP contribution in [0.2, 0.25) is 0 Å². The molecule has 1 fully saturated rings. The second-order valence-electron chi connectivity index (χ2n) is 3.81. The molecule has 0 aromatic carbocycles. The molecule has 1 amide bonds. The Balaban J connectivity index is 2.41. The van der Waals surface area contributed by atoms with Crippen LogP contribution in [0.4, 0.5) is 0 Å². The van der Waals surface area contributed by atoms with Crippen molar-refractivity contribution in [3.05, 3.63) is 0 Å². The highest BCUT2D eigenvalue weighted by molar-refractivity contribution is 9.09. The molecule has 5 nitrogen and oxygen atoms in total. The number of carbonyl (C=O) groups is 1. The highest BCUT2D eigenvalue weighted by Crippen LogP contribution is 2.12. The van der Waals surface area contributed by atoms with Crippen molar-refractivity contribution in [1.29, 1.82) is 0 Å². The number of hydrogen-bond acceptors (Lipinski definition) is 3. The smallest absolute Gasteiger partial charge is 0.233 e. The van der Waals surface area contributed by atoms with E-state index in [1.54, 1.807) is 11.8 Å². The fourth-order valence-corrected chi connectivity index (χ4v) is 2.93. The fraction of sp³-hybridized carbons (Fsp3) is 0.889. The zero-order valence-electron chi connectivity index (χ0n) is 9.28. The summed E-state index contributed by atoms with van der Waals surface area (Å²) in [4.78, 5) is 13.1. The molecule has 0 aromatic rings. The normalized spacial score (nSPS) is 18.8. The Labute approximate surface area is 105 Å². The topological polar surface area (TPSA) is 66.5 Å². The Bertz CT molecular complexity index is 337. The van der Waals surface area contributed by atoms with E-state index in [1.165, 1.54) is 0 Å². The van der Waals surface area contributed by atoms with Crippen LogP contribution in [0.5, 0.6) is 0 Å². The van der Waals surface area contributed by atoms with Gasteiger partial charge in [-0.3, -0.25) is 4.79 Å². The second-order valence-corrected chi connectivity index (χ2v) is 6.41. The lowest BCUT2D eigenvalue weighted by Crippen LogP contribution is -2.47. The van der Waals surface area contributed by atoms with Gasteiger partial charge >= 0.3 is 0 Å². The zero-order chi connectivity index (χ0) is 12.2. The van der Waals surface area contributed by atoms with Gasteiger partial charge in [0.2, 0.25) is 15.9 Å². The van der Waals surface area contributed by atoms with Crippen molar-refractivity contribution < 1.29 is 13.2 Å². The van der Waals surface area contributed by atoms with E-state index in [0.717, 1.165) is 0 Å². The van der Waals surface area contributed by atoms with Crippen LogP contribution >= 0.6 is 15.9 Å². The van der Waals surface area contributed by atoms with Gasteiger partial charge in [-0.1, -0.05) is 15.9 Å². The monoisotopic (exact) mass is 312 g/mol. The summed E-state index contributed by atoms with van der Waals surface area (Å²) in [5.41, 5.74) is 0. The lowest BCUT2D eigenvalue weighted by Gasteiger charge is -2.31. The van der Waals surface area contributed by atoms with Crippen LogP contribution in [0, 0.1) is 0 Å². The predicted molar refractivity (Wildman–Crippen MR) is 66.0 cm³/mol. The van der Waals surface area contributed by atoms with Crippen LogP contribution in [-0.4, -0.2) is 49.4 Å². The third kappa shape index (κ3) is 4.03. The molecule has 0 spiro atoms. The van der Waals surface area contributed by atoms with Gasteiger partial charge in [0.05, 0.1) is 11.1 Å². The molecular weight excluding hydrogens is 296 g/mol. The molecule has 16 heavy (non-hydrogen) atoms. The highest BCUT2D eigenvalue weighted by atomic mass is 79.9. The summed E-state index contributed by atoms with van der Waals surface area (Å²) in [5.74, 6) is 0.171. The molecule has 0 saturated carbocycles. The Kier molecular flexibility index (Phi) is 5.20. The van der Waals surface area contributed by atoms with E-state index in [4.69, 9.17) is 0 Å². The van der Waals surface area contributed by atoms with E-state index >= 15 is 0 Å². The summed E-state index contributed by atoms with van der Waals surface area (Å²) < 4.78 is 25.3. The molecule has 7 heteroatoms. The van der Waals surface area contributed by atoms with Crippen molar-refractivity contribution in [2.45, 2.75) is 25.8 Å². The molecule has 0 aliphatic carbocycles. The number of piperidine rings is 1. The minimum absolute atomic E-state index is 0.0238. The first-order valence-corrected chi connectivity index (χ1v) is 8.09. The molecule has 0 unspecified atom stereocenters. The Morgan fingerprint density at radius 2 is 2.00 bits per heavy atom. The van der Waals surface area contributed by atoms with E-state index in [-0.39, 0.29) is 17.7 Å². The SMILES string of the molecule is CCS(=O)(=O)NC1CCN(C(=O)CBr)CC1. The number of alkyl halides is 1. The van der Waals surface area contributed by atoms with Crippen LogP contribution in [0.3, 0.4) is 0 Å². The van der Waals surface area contributed by atoms with Gasteiger partial charge in [0.25, 0.3) is 0 Å². The average Bonchev–Trinajstić information content (AvgIpc) is 2.28. The fourth-order valence-electron chi connectivity index (χ4n) is 1.67. The quantitative estimate of drug-likeness (QED) is 0.760. The Hall–Kier alpha value is -0.140. The lowest BCUT2D eigenvalue weighted by molar-refractivity contribution is -0.129. The number of halogens is 1. The van der Waals surface area contributed by atoms with Gasteiger partial charge in [-0.05, 0) is 19.8 Å². The molecule has 1 rings (SSSR count). The van der Waals surface area contributed by atoms with Crippen molar-refractivity contribution in [3.8, 4) is 0 Å². The van der Waals surface area contributed by atoms with E-state index in [0.29, 0.717) is 31.3 Å². The van der Waals surface area contributed by atoms with Gasteiger partial charge < -0.3 is 4.90 Å². The summed E-state index contributed by atoms with van der Waals surface area (Å²) >= 11 is 3.12. The van der Waals surface area contributed by atoms with Crippen molar-refractivity contribution >= 4 is 31.9 Å². The standard InChI is InChI=1S/C9H17BrN2O3S/c1-2-16(14,15)11-8-3-5-12(6-4-8)9(13)7-10/h8,11H,2-7H2,1H3. The molecule has 1 aliphatic rings. The van der Waals surface area contributed by atoms with Crippen molar-refractivity contribution in [2.24, 2.45) is 0 Å². The van der Waals surface area contributed by atoms with Gasteiger partial charge in [-0.15, -0.1) is 0 Å². The van der Waals surface area contributed by atoms with Crippen LogP contribution < -0.4 is 4.72 Å². The first-order chi connectivity index (χ1) is 7.48. The van der Waals surface area contributed by atoms with Gasteiger partial charge in [0, 0.05) is 19.1 Å². The van der Waals surface area contributed by atoms with Crippen LogP contribution in [0.25, 0.3) is 0 Å². The molecule has 1 aliphatic heterocycles. The van der Waals surface area contributed by atoms with E-state index < -0.39 is 10.0 Å². The van der Waals surface area contributed by atoms with Gasteiger partial charge in [0.15, 0.2) is 0 Å². The Morgan fingerprint density at radius 1 is 1.44 bits per heavy atom. The molecular formula is C9H17BrN2O3S. The van der Waals surface area contributed by atoms with E-state index in [1.807, 2.05) is 0 Å². The van der Waals surface area contributed by atoms with Crippen molar-refractivity contribution in [2.75, 3.05) is 24.2 Å². The predicted octanol–water partition coefficient (Wildman–Crippen LogP) is 0.312. The summed E-state index contributed by atoms with van der Waals surface area (Å²) in [7, 11) is -3.13. The number of carbonyl (C=O) groups excluding carboxylic acids is 1. The van der Waals surface area contributed by atoms with Crippen LogP contribution in [-0.2, 0) is 14.8 Å². The maximum absolute atomic E-state index is 11.4. The summed E-state index contributed by atoms with van der Waals surface area (Å²) in [5, 5.41) is 0.332. The Morgan fingerprint density at radius 3 is 2.44 bits per heavy atom. The minimum atomic E-state index is -3.13. The maximum Gasteiger partial charge on any atom is 0.233 e. The number of nitrogens with one attached hydrogen (secondary N) is 1. The minimum Gasteiger partial charge on any atom is -0.342 e. The number of nitrogens with zero attached hydrogens (tertiary/aromatic N) is 1. The summed E-state index contributed by atoms with van der Waals surface area (Å²) in [6.07, 6.45) is 1.38. The highest BCUT2D eigenvalue weighted by Gasteiger charge is 2.24. The molecule has 1 heterocycles. The molecule has 94 valence electrons. The van der Waals surface area contributed by atoms with E-state index in [9.17, 15) is 13.2 Å². The second kappa shape index (κ2) is 5.97. The third-order valence-corrected chi connectivity index (χ3v) is 4.62. The van der Waals surface area contributed by atoms with Crippen LogP contribution in [0.15, 0.2) is 0 Å². The molecule has 0 radical (unpaired) electrons. The maximum atomic E-state index is 11.4. The molecule has 0 aromatic heterocycles. The zero-order valence-corrected chi connectivity index (χ0v) is 11.7. The van der Waals surface area contributed by atoms with Gasteiger partial charge in [-0.25, -0.2) is 13.1 Å². The average molecular weight is 313 g/mol. The first-order valence-electron chi connectivity index (χ1n) is 5.32. The number of likely N-dealkylation sites (tertiary alicyclic amines) is 1. The largest absolute Gasteiger partial charge is 0.342 e. The number of hydrogen-bond donors (Lipinski definition) is 1.